The van der Waals surface area contributed by atoms with E-state index in [0.29, 0.717) is 10.7 Å². The van der Waals surface area contributed by atoms with Crippen LogP contribution in [0.3, 0.4) is 0 Å². The van der Waals surface area contributed by atoms with Crippen molar-refractivity contribution >= 4 is 28.4 Å². The van der Waals surface area contributed by atoms with Gasteiger partial charge in [-0.2, -0.15) is 0 Å². The summed E-state index contributed by atoms with van der Waals surface area (Å²) in [4.78, 5) is 0. The molecule has 3 heteroatoms. The number of fused-ring (bicyclic) bond motifs is 1. The second-order valence-electron chi connectivity index (χ2n) is 4.20. The zero-order valence-corrected chi connectivity index (χ0v) is 11.7. The van der Waals surface area contributed by atoms with Crippen LogP contribution in [0.4, 0.5) is 0 Å². The number of methoxy groups -OCH3 is 1. The first-order chi connectivity index (χ1) is 9.15. The summed E-state index contributed by atoms with van der Waals surface area (Å²) in [7, 11) is 1.65. The molecule has 0 heterocycles. The third-order valence-corrected chi connectivity index (χ3v) is 3.09. The maximum atomic E-state index is 6.05. The van der Waals surface area contributed by atoms with Crippen molar-refractivity contribution in [3.05, 3.63) is 58.8 Å². The first kappa shape index (κ1) is 13.5. The molecule has 0 fully saturated rings. The molecule has 0 aliphatic rings. The summed E-state index contributed by atoms with van der Waals surface area (Å²) in [5.41, 5.74) is 7.53. The van der Waals surface area contributed by atoms with Crippen LogP contribution in [-0.4, -0.2) is 7.11 Å². The summed E-state index contributed by atoms with van der Waals surface area (Å²) < 4.78 is 5.51. The van der Waals surface area contributed by atoms with Gasteiger partial charge < -0.3 is 10.5 Å². The van der Waals surface area contributed by atoms with E-state index in [1.165, 1.54) is 0 Å². The molecule has 0 saturated carbocycles. The molecule has 0 spiro atoms. The topological polar surface area (TPSA) is 35.2 Å². The molecule has 0 saturated heterocycles. The highest BCUT2D eigenvalue weighted by atomic mass is 35.5. The number of rotatable bonds is 3. The van der Waals surface area contributed by atoms with E-state index in [0.717, 1.165) is 22.1 Å². The first-order valence-corrected chi connectivity index (χ1v) is 6.39. The number of hydrogen-bond acceptors (Lipinski definition) is 2. The lowest BCUT2D eigenvalue weighted by molar-refractivity contribution is 0.419. The van der Waals surface area contributed by atoms with Crippen molar-refractivity contribution in [3.63, 3.8) is 0 Å². The second kappa shape index (κ2) is 5.81. The van der Waals surface area contributed by atoms with Crippen molar-refractivity contribution in [2.24, 2.45) is 5.73 Å². The van der Waals surface area contributed by atoms with Gasteiger partial charge in [0.2, 0.25) is 0 Å². The molecule has 2 N–H and O–H groups in total. The molecule has 2 aromatic carbocycles. The van der Waals surface area contributed by atoms with Crippen LogP contribution in [0.15, 0.2) is 48.2 Å². The molecule has 0 bridgehead atoms. The van der Waals surface area contributed by atoms with Crippen LogP contribution in [0.2, 0.25) is 5.02 Å². The fraction of sp³-hybridized carbons (Fsp3) is 0.125. The van der Waals surface area contributed by atoms with Crippen molar-refractivity contribution in [1.82, 2.24) is 0 Å². The SMILES string of the molecule is C/C=C\C(N)=C\c1ccc2ccc(Cl)cc2c1OC. The molecule has 0 unspecified atom stereocenters. The average molecular weight is 274 g/mol. The van der Waals surface area contributed by atoms with Crippen molar-refractivity contribution in [3.8, 4) is 5.75 Å². The third kappa shape index (κ3) is 2.91. The molecule has 98 valence electrons. The standard InChI is InChI=1S/C16H16ClNO/c1-3-4-14(18)9-12-6-5-11-7-8-13(17)10-15(11)16(12)19-2/h3-10H,18H2,1-2H3/b4-3-,14-9-. The Hall–Kier alpha value is -1.93. The van der Waals surface area contributed by atoms with Gasteiger partial charge in [-0.25, -0.2) is 0 Å². The van der Waals surface area contributed by atoms with Crippen LogP contribution >= 0.6 is 11.6 Å². The zero-order valence-electron chi connectivity index (χ0n) is 11.0. The van der Waals surface area contributed by atoms with E-state index in [1.54, 1.807) is 7.11 Å². The van der Waals surface area contributed by atoms with Gasteiger partial charge in [0.1, 0.15) is 5.75 Å². The lowest BCUT2D eigenvalue weighted by Crippen LogP contribution is -1.94. The minimum Gasteiger partial charge on any atom is -0.495 e. The maximum Gasteiger partial charge on any atom is 0.134 e. The smallest absolute Gasteiger partial charge is 0.134 e. The highest BCUT2D eigenvalue weighted by Gasteiger charge is 2.07. The van der Waals surface area contributed by atoms with Crippen molar-refractivity contribution in [1.29, 1.82) is 0 Å². The molecule has 19 heavy (non-hydrogen) atoms. The zero-order chi connectivity index (χ0) is 13.8. The molecule has 2 aromatic rings. The van der Waals surface area contributed by atoms with Gasteiger partial charge in [-0.05, 0) is 36.6 Å². The van der Waals surface area contributed by atoms with E-state index in [-0.39, 0.29) is 0 Å². The molecule has 0 atom stereocenters. The number of allylic oxidation sites excluding steroid dienone is 2. The van der Waals surface area contributed by atoms with Crippen LogP contribution in [0.25, 0.3) is 16.8 Å². The maximum absolute atomic E-state index is 6.05. The lowest BCUT2D eigenvalue weighted by atomic mass is 10.0. The summed E-state index contributed by atoms with van der Waals surface area (Å²) in [5.74, 6) is 0.785. The number of nitrogens with two attached hydrogens (primary N) is 1. The normalized spacial score (nSPS) is 12.3. The van der Waals surface area contributed by atoms with E-state index in [1.807, 2.05) is 55.5 Å². The highest BCUT2D eigenvalue weighted by molar-refractivity contribution is 6.31. The molecular formula is C16H16ClNO. The van der Waals surface area contributed by atoms with E-state index in [9.17, 15) is 0 Å². The third-order valence-electron chi connectivity index (χ3n) is 2.85. The van der Waals surface area contributed by atoms with Gasteiger partial charge in [0.25, 0.3) is 0 Å². The fourth-order valence-corrected chi connectivity index (χ4v) is 2.21. The van der Waals surface area contributed by atoms with E-state index in [4.69, 9.17) is 22.1 Å². The Labute approximate surface area is 118 Å². The highest BCUT2D eigenvalue weighted by Crippen LogP contribution is 2.32. The van der Waals surface area contributed by atoms with Gasteiger partial charge in [0.15, 0.2) is 0 Å². The summed E-state index contributed by atoms with van der Waals surface area (Å²) in [5, 5.41) is 2.76. The van der Waals surface area contributed by atoms with Crippen molar-refractivity contribution in [2.45, 2.75) is 6.92 Å². The van der Waals surface area contributed by atoms with Gasteiger partial charge >= 0.3 is 0 Å². The first-order valence-electron chi connectivity index (χ1n) is 6.02. The van der Waals surface area contributed by atoms with E-state index in [2.05, 4.69) is 0 Å². The molecule has 2 nitrogen and oxygen atoms in total. The molecule has 0 radical (unpaired) electrons. The van der Waals surface area contributed by atoms with Gasteiger partial charge in [-0.15, -0.1) is 0 Å². The number of ether oxygens (including phenoxy) is 1. The molecule has 0 aliphatic heterocycles. The number of hydrogen-bond donors (Lipinski definition) is 1. The van der Waals surface area contributed by atoms with Crippen LogP contribution < -0.4 is 10.5 Å². The Balaban J connectivity index is 2.66. The largest absolute Gasteiger partial charge is 0.495 e. The average Bonchev–Trinajstić information content (AvgIpc) is 2.38. The van der Waals surface area contributed by atoms with Crippen LogP contribution in [-0.2, 0) is 0 Å². The van der Waals surface area contributed by atoms with Crippen LogP contribution in [0, 0.1) is 0 Å². The summed E-state index contributed by atoms with van der Waals surface area (Å²) in [6, 6.07) is 9.77. The monoisotopic (exact) mass is 273 g/mol. The Bertz CT molecular complexity index is 659. The summed E-state index contributed by atoms with van der Waals surface area (Å²) in [6.07, 6.45) is 5.64. The Morgan fingerprint density at radius 2 is 2.00 bits per heavy atom. The Kier molecular flexibility index (Phi) is 4.13. The van der Waals surface area contributed by atoms with E-state index < -0.39 is 0 Å². The predicted molar refractivity (Wildman–Crippen MR) is 82.5 cm³/mol. The number of halogens is 1. The Morgan fingerprint density at radius 3 is 2.68 bits per heavy atom. The lowest BCUT2D eigenvalue weighted by Gasteiger charge is -2.10. The van der Waals surface area contributed by atoms with Crippen LogP contribution in [0.5, 0.6) is 5.75 Å². The minimum absolute atomic E-state index is 0.683. The molecule has 0 aromatic heterocycles. The molecule has 0 aliphatic carbocycles. The summed E-state index contributed by atoms with van der Waals surface area (Å²) >= 11 is 6.05. The van der Waals surface area contributed by atoms with Crippen molar-refractivity contribution in [2.75, 3.05) is 7.11 Å². The van der Waals surface area contributed by atoms with Crippen LogP contribution in [0.1, 0.15) is 12.5 Å². The Morgan fingerprint density at radius 1 is 1.26 bits per heavy atom. The van der Waals surface area contributed by atoms with E-state index >= 15 is 0 Å². The molecule has 2 rings (SSSR count). The van der Waals surface area contributed by atoms with Gasteiger partial charge in [-0.1, -0.05) is 35.9 Å². The van der Waals surface area contributed by atoms with Crippen molar-refractivity contribution < 1.29 is 4.74 Å². The summed E-state index contributed by atoms with van der Waals surface area (Å²) in [6.45, 7) is 1.93. The van der Waals surface area contributed by atoms with Gasteiger partial charge in [-0.3, -0.25) is 0 Å². The van der Waals surface area contributed by atoms with Gasteiger partial charge in [0, 0.05) is 21.7 Å². The molecular weight excluding hydrogens is 258 g/mol. The fourth-order valence-electron chi connectivity index (χ4n) is 2.04. The quantitative estimate of drug-likeness (QED) is 0.843. The number of benzene rings is 2. The minimum atomic E-state index is 0.683. The second-order valence-corrected chi connectivity index (χ2v) is 4.63. The molecule has 0 amide bonds. The van der Waals surface area contributed by atoms with Gasteiger partial charge in [0.05, 0.1) is 7.11 Å². The predicted octanol–water partition coefficient (Wildman–Crippen LogP) is 4.38.